The minimum atomic E-state index is -0.477. The summed E-state index contributed by atoms with van der Waals surface area (Å²) in [6, 6.07) is 0. The van der Waals surface area contributed by atoms with E-state index in [0.717, 1.165) is 25.7 Å². The quantitative estimate of drug-likeness (QED) is 0.709. The predicted molar refractivity (Wildman–Crippen MR) is 59.3 cm³/mol. The molecule has 0 aliphatic heterocycles. The van der Waals surface area contributed by atoms with E-state index in [9.17, 15) is 9.90 Å². The Morgan fingerprint density at radius 3 is 2.47 bits per heavy atom. The van der Waals surface area contributed by atoms with Crippen LogP contribution in [0.25, 0.3) is 0 Å². The van der Waals surface area contributed by atoms with Crippen LogP contribution in [0.2, 0.25) is 0 Å². The van der Waals surface area contributed by atoms with Crippen LogP contribution < -0.4 is 5.73 Å². The minimum Gasteiger partial charge on any atom is -0.392 e. The average Bonchev–Trinajstić information content (AvgIpc) is 2.65. The van der Waals surface area contributed by atoms with Gasteiger partial charge in [-0.2, -0.15) is 0 Å². The Bertz CT molecular complexity index is 223. The number of carbonyl (C=O) groups is 1. The molecule has 15 heavy (non-hydrogen) atoms. The maximum Gasteiger partial charge on any atom is 0.229 e. The highest BCUT2D eigenvalue weighted by atomic mass is 16.3. The summed E-state index contributed by atoms with van der Waals surface area (Å²) < 4.78 is 0. The first-order valence-electron chi connectivity index (χ1n) is 5.65. The first kappa shape index (κ1) is 12.5. The van der Waals surface area contributed by atoms with E-state index in [4.69, 9.17) is 5.73 Å². The fourth-order valence-electron chi connectivity index (χ4n) is 2.44. The Morgan fingerprint density at radius 2 is 2.07 bits per heavy atom. The number of rotatable bonds is 4. The van der Waals surface area contributed by atoms with E-state index in [1.54, 1.807) is 18.9 Å². The molecular weight excluding hydrogens is 192 g/mol. The van der Waals surface area contributed by atoms with Gasteiger partial charge in [-0.25, -0.2) is 0 Å². The second kappa shape index (κ2) is 4.94. The molecule has 0 aromatic heterocycles. The number of nitrogens with zero attached hydrogens (tertiary/aromatic N) is 1. The third kappa shape index (κ3) is 2.69. The summed E-state index contributed by atoms with van der Waals surface area (Å²) in [7, 11) is 1.74. The van der Waals surface area contributed by atoms with E-state index in [2.05, 4.69) is 0 Å². The molecule has 0 spiro atoms. The summed E-state index contributed by atoms with van der Waals surface area (Å²) >= 11 is 0. The number of hydrogen-bond acceptors (Lipinski definition) is 3. The lowest BCUT2D eigenvalue weighted by molar-refractivity contribution is -0.141. The fraction of sp³-hybridized carbons (Fsp3) is 0.909. The Balaban J connectivity index is 2.64. The van der Waals surface area contributed by atoms with E-state index in [0.29, 0.717) is 13.1 Å². The Kier molecular flexibility index (Phi) is 4.11. The molecule has 4 heteroatoms. The van der Waals surface area contributed by atoms with Crippen LogP contribution in [0.3, 0.4) is 0 Å². The van der Waals surface area contributed by atoms with Crippen molar-refractivity contribution in [3.63, 3.8) is 0 Å². The lowest BCUT2D eigenvalue weighted by atomic mass is 9.84. The second-order valence-electron chi connectivity index (χ2n) is 4.73. The first-order chi connectivity index (χ1) is 7.02. The molecule has 3 N–H and O–H groups in total. The van der Waals surface area contributed by atoms with Crippen LogP contribution in [-0.2, 0) is 4.79 Å². The van der Waals surface area contributed by atoms with Crippen LogP contribution in [-0.4, -0.2) is 42.2 Å². The summed E-state index contributed by atoms with van der Waals surface area (Å²) in [6.45, 7) is 2.50. The van der Waals surface area contributed by atoms with Crippen LogP contribution in [0.5, 0.6) is 0 Å². The van der Waals surface area contributed by atoms with E-state index in [1.165, 1.54) is 0 Å². The highest BCUT2D eigenvalue weighted by molar-refractivity contribution is 5.83. The van der Waals surface area contributed by atoms with Gasteiger partial charge >= 0.3 is 0 Å². The molecule has 0 radical (unpaired) electrons. The highest BCUT2D eigenvalue weighted by Crippen LogP contribution is 2.38. The zero-order valence-corrected chi connectivity index (χ0v) is 9.70. The fourth-order valence-corrected chi connectivity index (χ4v) is 2.44. The van der Waals surface area contributed by atoms with Crippen LogP contribution >= 0.6 is 0 Å². The molecule has 1 atom stereocenters. The van der Waals surface area contributed by atoms with Gasteiger partial charge in [0.1, 0.15) is 0 Å². The van der Waals surface area contributed by atoms with E-state index in [-0.39, 0.29) is 11.3 Å². The Labute approximate surface area is 91.4 Å². The molecule has 0 bridgehead atoms. The molecule has 0 heterocycles. The average molecular weight is 214 g/mol. The summed E-state index contributed by atoms with van der Waals surface area (Å²) in [5.74, 6) is 0.100. The third-order valence-electron chi connectivity index (χ3n) is 3.29. The lowest BCUT2D eigenvalue weighted by Crippen LogP contribution is -2.46. The van der Waals surface area contributed by atoms with Gasteiger partial charge in [-0.1, -0.05) is 12.8 Å². The van der Waals surface area contributed by atoms with Gasteiger partial charge in [0.05, 0.1) is 11.5 Å². The summed E-state index contributed by atoms with van der Waals surface area (Å²) in [5, 5.41) is 9.25. The molecule has 1 amide bonds. The largest absolute Gasteiger partial charge is 0.392 e. The highest BCUT2D eigenvalue weighted by Gasteiger charge is 2.41. The van der Waals surface area contributed by atoms with Gasteiger partial charge in [-0.3, -0.25) is 4.79 Å². The molecule has 0 aromatic rings. The Hall–Kier alpha value is -0.610. The number of amides is 1. The van der Waals surface area contributed by atoms with Gasteiger partial charge < -0.3 is 15.7 Å². The number of aliphatic hydroxyl groups excluding tert-OH is 1. The van der Waals surface area contributed by atoms with Gasteiger partial charge in [0, 0.05) is 20.1 Å². The number of likely N-dealkylation sites (N-methyl/N-ethyl adjacent to an activating group) is 1. The van der Waals surface area contributed by atoms with Gasteiger partial charge in [0.15, 0.2) is 0 Å². The first-order valence-corrected chi connectivity index (χ1v) is 5.65. The Morgan fingerprint density at radius 1 is 1.53 bits per heavy atom. The normalized spacial score (nSPS) is 21.3. The number of aliphatic hydroxyl groups is 1. The predicted octanol–water partition coefficient (Wildman–Crippen LogP) is 0.345. The molecule has 1 rings (SSSR count). The third-order valence-corrected chi connectivity index (χ3v) is 3.29. The second-order valence-corrected chi connectivity index (χ2v) is 4.73. The van der Waals surface area contributed by atoms with Crippen molar-refractivity contribution in [2.45, 2.75) is 38.7 Å². The molecule has 1 aliphatic rings. The van der Waals surface area contributed by atoms with E-state index < -0.39 is 6.10 Å². The van der Waals surface area contributed by atoms with Crippen molar-refractivity contribution < 1.29 is 9.90 Å². The standard InChI is InChI=1S/C11H22N2O2/c1-9(14)7-13(2)10(15)11(8-12)5-3-4-6-11/h9,14H,3-8,12H2,1-2H3. The zero-order chi connectivity index (χ0) is 11.5. The van der Waals surface area contributed by atoms with Crippen molar-refractivity contribution in [2.24, 2.45) is 11.1 Å². The molecule has 4 nitrogen and oxygen atoms in total. The number of hydrogen-bond donors (Lipinski definition) is 2. The smallest absolute Gasteiger partial charge is 0.229 e. The maximum absolute atomic E-state index is 12.2. The van der Waals surface area contributed by atoms with Crippen molar-refractivity contribution in [1.82, 2.24) is 4.90 Å². The van der Waals surface area contributed by atoms with Crippen molar-refractivity contribution in [3.8, 4) is 0 Å². The number of nitrogens with two attached hydrogens (primary N) is 1. The van der Waals surface area contributed by atoms with Gasteiger partial charge in [-0.15, -0.1) is 0 Å². The molecular formula is C11H22N2O2. The summed E-state index contributed by atoms with van der Waals surface area (Å²) in [5.41, 5.74) is 5.38. The molecule has 1 aliphatic carbocycles. The van der Waals surface area contributed by atoms with Crippen LogP contribution in [0.15, 0.2) is 0 Å². The monoisotopic (exact) mass is 214 g/mol. The summed E-state index contributed by atoms with van der Waals surface area (Å²) in [4.78, 5) is 13.8. The van der Waals surface area contributed by atoms with Crippen molar-refractivity contribution in [3.05, 3.63) is 0 Å². The van der Waals surface area contributed by atoms with Gasteiger partial charge in [0.25, 0.3) is 0 Å². The lowest BCUT2D eigenvalue weighted by Gasteiger charge is -2.31. The molecule has 88 valence electrons. The number of carbonyl (C=O) groups excluding carboxylic acids is 1. The molecule has 1 unspecified atom stereocenters. The van der Waals surface area contributed by atoms with Crippen molar-refractivity contribution >= 4 is 5.91 Å². The van der Waals surface area contributed by atoms with E-state index >= 15 is 0 Å². The summed E-state index contributed by atoms with van der Waals surface area (Å²) in [6.07, 6.45) is 3.49. The van der Waals surface area contributed by atoms with Crippen molar-refractivity contribution in [2.75, 3.05) is 20.1 Å². The topological polar surface area (TPSA) is 66.6 Å². The van der Waals surface area contributed by atoms with Crippen LogP contribution in [0.4, 0.5) is 0 Å². The zero-order valence-electron chi connectivity index (χ0n) is 9.70. The van der Waals surface area contributed by atoms with Gasteiger partial charge in [0.2, 0.25) is 5.91 Å². The van der Waals surface area contributed by atoms with Crippen LogP contribution in [0, 0.1) is 5.41 Å². The SMILES string of the molecule is CC(O)CN(C)C(=O)C1(CN)CCCC1. The van der Waals surface area contributed by atoms with Crippen molar-refractivity contribution in [1.29, 1.82) is 0 Å². The minimum absolute atomic E-state index is 0.100. The van der Waals surface area contributed by atoms with Gasteiger partial charge in [-0.05, 0) is 19.8 Å². The maximum atomic E-state index is 12.2. The molecule has 1 fully saturated rings. The van der Waals surface area contributed by atoms with E-state index in [1.807, 2.05) is 0 Å². The molecule has 1 saturated carbocycles. The molecule has 0 aromatic carbocycles. The molecule has 0 saturated heterocycles. The van der Waals surface area contributed by atoms with Crippen LogP contribution in [0.1, 0.15) is 32.6 Å².